The van der Waals surface area contributed by atoms with Crippen molar-refractivity contribution in [3.63, 3.8) is 0 Å². The maximum atomic E-state index is 13.8. The lowest BCUT2D eigenvalue weighted by Gasteiger charge is -2.14. The van der Waals surface area contributed by atoms with Crippen molar-refractivity contribution in [3.8, 4) is 33.7 Å². The van der Waals surface area contributed by atoms with Crippen LogP contribution in [0.1, 0.15) is 6.92 Å². The SMILES string of the molecule is COc1cc(F)ccc1-c1cc(NC(C)=O)cc(-n2cnc3cc(-c4cnn(C)c4)ccc32)c1. The van der Waals surface area contributed by atoms with Gasteiger partial charge in [-0.25, -0.2) is 9.37 Å². The number of benzene rings is 3. The summed E-state index contributed by atoms with van der Waals surface area (Å²) in [5.74, 6) is -0.169. The second kappa shape index (κ2) is 8.47. The number of fused-ring (bicyclic) bond motifs is 1. The van der Waals surface area contributed by atoms with Gasteiger partial charge in [0.2, 0.25) is 5.91 Å². The third-order valence-corrected chi connectivity index (χ3v) is 5.58. The van der Waals surface area contributed by atoms with Crippen molar-refractivity contribution in [2.24, 2.45) is 7.05 Å². The molecule has 3 aromatic carbocycles. The van der Waals surface area contributed by atoms with E-state index >= 15 is 0 Å². The highest BCUT2D eigenvalue weighted by atomic mass is 19.1. The van der Waals surface area contributed by atoms with Crippen LogP contribution in [0.3, 0.4) is 0 Å². The predicted octanol–water partition coefficient (Wildman–Crippen LogP) is 5.20. The van der Waals surface area contributed by atoms with Gasteiger partial charge in [0.1, 0.15) is 17.9 Å². The molecule has 0 saturated heterocycles. The molecule has 5 rings (SSSR count). The van der Waals surface area contributed by atoms with Crippen molar-refractivity contribution < 1.29 is 13.9 Å². The van der Waals surface area contributed by atoms with Crippen molar-refractivity contribution in [2.75, 3.05) is 12.4 Å². The Hall–Kier alpha value is -4.46. The predicted molar refractivity (Wildman–Crippen MR) is 130 cm³/mol. The van der Waals surface area contributed by atoms with E-state index in [9.17, 15) is 9.18 Å². The number of anilines is 1. The van der Waals surface area contributed by atoms with E-state index in [1.54, 1.807) is 17.1 Å². The van der Waals surface area contributed by atoms with Crippen molar-refractivity contribution >= 4 is 22.6 Å². The fraction of sp³-hybridized carbons (Fsp3) is 0.115. The molecule has 8 heteroatoms. The van der Waals surface area contributed by atoms with Gasteiger partial charge in [-0.1, -0.05) is 6.07 Å². The molecule has 5 aromatic rings. The molecule has 1 amide bonds. The number of carbonyl (C=O) groups excluding carboxylic acids is 1. The lowest BCUT2D eigenvalue weighted by atomic mass is 10.0. The Morgan fingerprint density at radius 3 is 2.62 bits per heavy atom. The van der Waals surface area contributed by atoms with Crippen LogP contribution in [0.25, 0.3) is 39.0 Å². The Morgan fingerprint density at radius 2 is 1.88 bits per heavy atom. The smallest absolute Gasteiger partial charge is 0.221 e. The van der Waals surface area contributed by atoms with E-state index in [1.807, 2.05) is 60.4 Å². The maximum Gasteiger partial charge on any atom is 0.221 e. The monoisotopic (exact) mass is 455 g/mol. The fourth-order valence-corrected chi connectivity index (χ4v) is 4.05. The number of amides is 1. The summed E-state index contributed by atoms with van der Waals surface area (Å²) in [7, 11) is 3.38. The van der Waals surface area contributed by atoms with Crippen LogP contribution in [0.4, 0.5) is 10.1 Å². The summed E-state index contributed by atoms with van der Waals surface area (Å²) in [6.45, 7) is 1.46. The quantitative estimate of drug-likeness (QED) is 0.395. The number of ether oxygens (including phenoxy) is 1. The number of aryl methyl sites for hydroxylation is 1. The summed E-state index contributed by atoms with van der Waals surface area (Å²) in [5.41, 5.74) is 6.65. The van der Waals surface area contributed by atoms with E-state index in [2.05, 4.69) is 15.4 Å². The van der Waals surface area contributed by atoms with Crippen molar-refractivity contribution in [3.05, 3.63) is 79.1 Å². The first-order valence-electron chi connectivity index (χ1n) is 10.6. The van der Waals surface area contributed by atoms with Crippen LogP contribution in [-0.4, -0.2) is 32.3 Å². The lowest BCUT2D eigenvalue weighted by molar-refractivity contribution is -0.114. The zero-order valence-corrected chi connectivity index (χ0v) is 18.9. The molecule has 2 aromatic heterocycles. The van der Waals surface area contributed by atoms with Crippen LogP contribution in [0.5, 0.6) is 5.75 Å². The summed E-state index contributed by atoms with van der Waals surface area (Å²) in [5, 5.41) is 7.09. The van der Waals surface area contributed by atoms with Gasteiger partial charge in [0.15, 0.2) is 0 Å². The Labute approximate surface area is 195 Å². The third-order valence-electron chi connectivity index (χ3n) is 5.58. The van der Waals surface area contributed by atoms with Crippen LogP contribution in [0, 0.1) is 5.82 Å². The van der Waals surface area contributed by atoms with Gasteiger partial charge in [-0.15, -0.1) is 0 Å². The van der Waals surface area contributed by atoms with Crippen LogP contribution in [0.2, 0.25) is 0 Å². The number of hydrogen-bond acceptors (Lipinski definition) is 4. The minimum Gasteiger partial charge on any atom is -0.496 e. The molecule has 7 nitrogen and oxygen atoms in total. The number of aromatic nitrogens is 4. The molecular formula is C26H22FN5O2. The molecule has 0 radical (unpaired) electrons. The van der Waals surface area contributed by atoms with E-state index in [-0.39, 0.29) is 11.7 Å². The number of carbonyl (C=O) groups is 1. The van der Waals surface area contributed by atoms with E-state index in [1.165, 1.54) is 26.2 Å². The minimum atomic E-state index is -0.385. The first-order chi connectivity index (χ1) is 16.4. The highest BCUT2D eigenvalue weighted by Crippen LogP contribution is 2.35. The maximum absolute atomic E-state index is 13.8. The number of nitrogens with zero attached hydrogens (tertiary/aromatic N) is 4. The van der Waals surface area contributed by atoms with Gasteiger partial charge in [-0.2, -0.15) is 5.10 Å². The van der Waals surface area contributed by atoms with Gasteiger partial charge >= 0.3 is 0 Å². The molecule has 0 aliphatic rings. The second-order valence-corrected chi connectivity index (χ2v) is 8.02. The molecule has 0 bridgehead atoms. The molecule has 2 heterocycles. The molecule has 1 N–H and O–H groups in total. The third kappa shape index (κ3) is 4.01. The Balaban J connectivity index is 1.64. The normalized spacial score (nSPS) is 11.1. The lowest BCUT2D eigenvalue weighted by Crippen LogP contribution is -2.07. The van der Waals surface area contributed by atoms with Gasteiger partial charge in [0.25, 0.3) is 0 Å². The number of rotatable bonds is 5. The number of methoxy groups -OCH3 is 1. The van der Waals surface area contributed by atoms with Crippen molar-refractivity contribution in [1.29, 1.82) is 0 Å². The summed E-state index contributed by atoms with van der Waals surface area (Å²) < 4.78 is 22.9. The van der Waals surface area contributed by atoms with Gasteiger partial charge in [-0.3, -0.25) is 14.0 Å². The van der Waals surface area contributed by atoms with Gasteiger partial charge in [0, 0.05) is 48.7 Å². The average molecular weight is 455 g/mol. The Kier molecular flexibility index (Phi) is 5.33. The second-order valence-electron chi connectivity index (χ2n) is 8.02. The van der Waals surface area contributed by atoms with E-state index in [0.717, 1.165) is 33.4 Å². The largest absolute Gasteiger partial charge is 0.496 e. The molecule has 0 aliphatic heterocycles. The Morgan fingerprint density at radius 1 is 1.03 bits per heavy atom. The summed E-state index contributed by atoms with van der Waals surface area (Å²) in [6.07, 6.45) is 5.52. The zero-order chi connectivity index (χ0) is 23.8. The molecule has 170 valence electrons. The number of hydrogen-bond donors (Lipinski definition) is 1. The topological polar surface area (TPSA) is 74.0 Å². The van der Waals surface area contributed by atoms with E-state index in [0.29, 0.717) is 17.0 Å². The number of halogens is 1. The average Bonchev–Trinajstić information content (AvgIpc) is 3.44. The van der Waals surface area contributed by atoms with Gasteiger partial charge in [-0.05, 0) is 53.6 Å². The molecular weight excluding hydrogens is 433 g/mol. The van der Waals surface area contributed by atoms with E-state index in [4.69, 9.17) is 4.74 Å². The highest BCUT2D eigenvalue weighted by Gasteiger charge is 2.13. The van der Waals surface area contributed by atoms with Crippen molar-refractivity contribution in [2.45, 2.75) is 6.92 Å². The fourth-order valence-electron chi connectivity index (χ4n) is 4.05. The first kappa shape index (κ1) is 21.4. The van der Waals surface area contributed by atoms with Gasteiger partial charge in [0.05, 0.1) is 24.3 Å². The molecule has 34 heavy (non-hydrogen) atoms. The number of nitrogens with one attached hydrogen (secondary N) is 1. The minimum absolute atomic E-state index is 0.189. The van der Waals surface area contributed by atoms with Crippen LogP contribution < -0.4 is 10.1 Å². The van der Waals surface area contributed by atoms with Crippen LogP contribution in [-0.2, 0) is 11.8 Å². The summed E-state index contributed by atoms with van der Waals surface area (Å²) >= 11 is 0. The molecule has 0 aliphatic carbocycles. The van der Waals surface area contributed by atoms with Crippen molar-refractivity contribution in [1.82, 2.24) is 19.3 Å². The number of imidazole rings is 1. The molecule has 0 fully saturated rings. The zero-order valence-electron chi connectivity index (χ0n) is 18.9. The molecule has 0 unspecified atom stereocenters. The Bertz CT molecular complexity index is 1540. The standard InChI is InChI=1S/C26H22FN5O2/c1-16(33)30-21-8-18(23-6-5-20(27)11-26(23)34-3)9-22(12-21)32-15-28-24-10-17(4-7-25(24)32)19-13-29-31(2)14-19/h4-15H,1-3H3,(H,30,33). The molecule has 0 spiro atoms. The highest BCUT2D eigenvalue weighted by molar-refractivity contribution is 5.91. The van der Waals surface area contributed by atoms with Gasteiger partial charge < -0.3 is 10.1 Å². The van der Waals surface area contributed by atoms with Crippen LogP contribution >= 0.6 is 0 Å². The van der Waals surface area contributed by atoms with E-state index < -0.39 is 0 Å². The summed E-state index contributed by atoms with van der Waals surface area (Å²) in [6, 6.07) is 16.1. The first-order valence-corrected chi connectivity index (χ1v) is 10.6. The molecule has 0 saturated carbocycles. The molecule has 0 atom stereocenters. The summed E-state index contributed by atoms with van der Waals surface area (Å²) in [4.78, 5) is 16.4. The van der Waals surface area contributed by atoms with Crippen LogP contribution in [0.15, 0.2) is 73.3 Å².